The molecular formula is C39H44N4O. The molecule has 5 heteroatoms. The molecule has 0 saturated carbocycles. The topological polar surface area (TPSA) is 33.0 Å². The van der Waals surface area contributed by atoms with E-state index in [0.717, 1.165) is 54.3 Å². The fraction of sp³-hybridized carbons (Fsp3) is 0.359. The average Bonchev–Trinajstić information content (AvgIpc) is 3.53. The van der Waals surface area contributed by atoms with Gasteiger partial charge in [-0.25, -0.2) is 4.98 Å². The zero-order chi connectivity index (χ0) is 30.7. The van der Waals surface area contributed by atoms with Crippen molar-refractivity contribution in [3.8, 4) is 28.1 Å². The molecule has 3 aromatic carbocycles. The quantitative estimate of drug-likeness (QED) is 0.182. The van der Waals surface area contributed by atoms with Crippen LogP contribution >= 0.6 is 0 Å². The second-order valence-corrected chi connectivity index (χ2v) is 13.7. The van der Waals surface area contributed by atoms with E-state index in [0.29, 0.717) is 11.8 Å². The van der Waals surface area contributed by atoms with E-state index < -0.39 is 5.60 Å². The Kier molecular flexibility index (Phi) is 6.95. The summed E-state index contributed by atoms with van der Waals surface area (Å²) in [6, 6.07) is 26.7. The van der Waals surface area contributed by atoms with Crippen LogP contribution in [0.15, 0.2) is 79.0 Å². The standard InChI is InChI=1S/C39H44N4O/c1-25(2)17-20-41(6)28-12-14-33-30(23-28)31-24-29(42(7)21-18-26(3)4)13-15-34(31)39(33)38-37(40-36-10-8-9-19-43(36)38)32-22-27(5)11-16-35(32)44-39/h8-16,19,22-26H,17-18,20-21H2,1-7H3. The number of pyridine rings is 1. The van der Waals surface area contributed by atoms with Gasteiger partial charge in [-0.1, -0.05) is 57.5 Å². The third kappa shape index (κ3) is 4.47. The lowest BCUT2D eigenvalue weighted by atomic mass is 9.82. The summed E-state index contributed by atoms with van der Waals surface area (Å²) in [4.78, 5) is 10.0. The van der Waals surface area contributed by atoms with Gasteiger partial charge in [0, 0.05) is 61.4 Å². The minimum Gasteiger partial charge on any atom is -0.471 e. The molecule has 2 aromatic heterocycles. The normalized spacial score (nSPS) is 14.0. The molecule has 0 atom stereocenters. The van der Waals surface area contributed by atoms with Crippen molar-refractivity contribution in [3.05, 3.63) is 101 Å². The van der Waals surface area contributed by atoms with Crippen LogP contribution in [0.25, 0.3) is 28.0 Å². The van der Waals surface area contributed by atoms with Crippen LogP contribution in [0.4, 0.5) is 11.4 Å². The minimum atomic E-state index is -0.826. The van der Waals surface area contributed by atoms with E-state index in [2.05, 4.69) is 142 Å². The molecule has 0 fully saturated rings. The Hall–Kier alpha value is -4.25. The third-order valence-electron chi connectivity index (χ3n) is 9.54. The van der Waals surface area contributed by atoms with Crippen LogP contribution in [0, 0.1) is 18.8 Å². The number of imidazole rings is 1. The molecular weight excluding hydrogens is 540 g/mol. The molecule has 0 amide bonds. The van der Waals surface area contributed by atoms with Gasteiger partial charge >= 0.3 is 0 Å². The average molecular weight is 585 g/mol. The highest BCUT2D eigenvalue weighted by atomic mass is 16.5. The third-order valence-corrected chi connectivity index (χ3v) is 9.54. The fourth-order valence-corrected chi connectivity index (χ4v) is 6.92. The van der Waals surface area contributed by atoms with Crippen LogP contribution in [-0.2, 0) is 5.60 Å². The van der Waals surface area contributed by atoms with Crippen molar-refractivity contribution >= 4 is 17.0 Å². The maximum atomic E-state index is 7.35. The van der Waals surface area contributed by atoms with Crippen LogP contribution in [-0.4, -0.2) is 36.6 Å². The SMILES string of the molecule is Cc1ccc2c(c1)-c1nc3ccccn3c1C1(O2)c2ccc(N(C)CCC(C)C)cc2-c2cc(N(C)CCC(C)C)ccc21. The maximum Gasteiger partial charge on any atom is 0.203 e. The summed E-state index contributed by atoms with van der Waals surface area (Å²) in [5, 5.41) is 0. The van der Waals surface area contributed by atoms with E-state index in [9.17, 15) is 0 Å². The highest BCUT2D eigenvalue weighted by molar-refractivity contribution is 5.90. The van der Waals surface area contributed by atoms with Crippen LogP contribution in [0.2, 0.25) is 0 Å². The molecule has 0 N–H and O–H groups in total. The highest BCUT2D eigenvalue weighted by Crippen LogP contribution is 2.59. The number of rotatable bonds is 8. The number of aromatic nitrogens is 2. The summed E-state index contributed by atoms with van der Waals surface area (Å²) in [6.07, 6.45) is 4.44. The predicted molar refractivity (Wildman–Crippen MR) is 183 cm³/mol. The van der Waals surface area contributed by atoms with Crippen molar-refractivity contribution in [3.63, 3.8) is 0 Å². The van der Waals surface area contributed by atoms with Gasteiger partial charge in [0.2, 0.25) is 5.60 Å². The van der Waals surface area contributed by atoms with Crippen LogP contribution in [0.1, 0.15) is 62.9 Å². The van der Waals surface area contributed by atoms with Gasteiger partial charge in [-0.2, -0.15) is 0 Å². The number of hydrogen-bond donors (Lipinski definition) is 0. The van der Waals surface area contributed by atoms with Gasteiger partial charge in [0.05, 0.1) is 0 Å². The second-order valence-electron chi connectivity index (χ2n) is 13.7. The van der Waals surface area contributed by atoms with Gasteiger partial charge in [-0.15, -0.1) is 0 Å². The Bertz CT molecular complexity index is 1800. The first-order chi connectivity index (χ1) is 21.2. The monoisotopic (exact) mass is 584 g/mol. The minimum absolute atomic E-state index is 0.660. The summed E-state index contributed by atoms with van der Waals surface area (Å²) in [7, 11) is 4.42. The lowest BCUT2D eigenvalue weighted by Crippen LogP contribution is -2.38. The lowest BCUT2D eigenvalue weighted by molar-refractivity contribution is 0.151. The number of aryl methyl sites for hydroxylation is 1. The van der Waals surface area contributed by atoms with Gasteiger partial charge in [-0.05, 0) is 91.3 Å². The predicted octanol–water partition coefficient (Wildman–Crippen LogP) is 8.94. The zero-order valence-electron chi connectivity index (χ0n) is 27.2. The molecule has 1 aliphatic heterocycles. The molecule has 0 radical (unpaired) electrons. The van der Waals surface area contributed by atoms with Gasteiger partial charge in [-0.3, -0.25) is 4.40 Å². The van der Waals surface area contributed by atoms with Crippen molar-refractivity contribution < 1.29 is 4.74 Å². The van der Waals surface area contributed by atoms with Gasteiger partial charge in [0.1, 0.15) is 22.8 Å². The Labute approximate surface area is 262 Å². The number of nitrogens with zero attached hydrogens (tertiary/aromatic N) is 4. The van der Waals surface area contributed by atoms with Crippen molar-refractivity contribution in [2.75, 3.05) is 37.0 Å². The first-order valence-corrected chi connectivity index (χ1v) is 16.2. The fourth-order valence-electron chi connectivity index (χ4n) is 6.92. The Morgan fingerprint density at radius 2 is 1.36 bits per heavy atom. The van der Waals surface area contributed by atoms with Crippen molar-refractivity contribution in [1.29, 1.82) is 0 Å². The van der Waals surface area contributed by atoms with E-state index in [1.807, 2.05) is 0 Å². The molecule has 0 unspecified atom stereocenters. The smallest absolute Gasteiger partial charge is 0.203 e. The first kappa shape index (κ1) is 28.5. The number of benzene rings is 3. The molecule has 5 nitrogen and oxygen atoms in total. The van der Waals surface area contributed by atoms with Crippen molar-refractivity contribution in [1.82, 2.24) is 9.38 Å². The van der Waals surface area contributed by atoms with E-state index in [-0.39, 0.29) is 0 Å². The van der Waals surface area contributed by atoms with E-state index in [1.54, 1.807) is 0 Å². The van der Waals surface area contributed by atoms with Gasteiger partial charge in [0.15, 0.2) is 0 Å². The Morgan fingerprint density at radius 1 is 0.750 bits per heavy atom. The molecule has 0 saturated heterocycles. The van der Waals surface area contributed by atoms with E-state index in [1.165, 1.54) is 39.2 Å². The van der Waals surface area contributed by atoms with E-state index >= 15 is 0 Å². The van der Waals surface area contributed by atoms with E-state index in [4.69, 9.17) is 9.72 Å². The zero-order valence-corrected chi connectivity index (χ0v) is 27.2. The number of fused-ring (bicyclic) bond motifs is 11. The summed E-state index contributed by atoms with van der Waals surface area (Å²) in [6.45, 7) is 13.3. The molecule has 2 aliphatic rings. The first-order valence-electron chi connectivity index (χ1n) is 16.2. The van der Waals surface area contributed by atoms with Gasteiger partial charge < -0.3 is 14.5 Å². The number of hydrogen-bond acceptors (Lipinski definition) is 4. The van der Waals surface area contributed by atoms with Crippen LogP contribution in [0.3, 0.4) is 0 Å². The number of anilines is 2. The summed E-state index contributed by atoms with van der Waals surface area (Å²) >= 11 is 0. The molecule has 1 aliphatic carbocycles. The highest BCUT2D eigenvalue weighted by Gasteiger charge is 2.53. The molecule has 5 aromatic rings. The molecule has 1 spiro atoms. The molecule has 226 valence electrons. The van der Waals surface area contributed by atoms with Crippen molar-refractivity contribution in [2.45, 2.75) is 53.1 Å². The number of ether oxygens (including phenoxy) is 1. The molecule has 7 rings (SSSR count). The second kappa shape index (κ2) is 10.7. The molecule has 0 bridgehead atoms. The lowest BCUT2D eigenvalue weighted by Gasteiger charge is -2.37. The Balaban J connectivity index is 1.48. The van der Waals surface area contributed by atoms with Crippen LogP contribution in [0.5, 0.6) is 5.75 Å². The van der Waals surface area contributed by atoms with Gasteiger partial charge in [0.25, 0.3) is 0 Å². The largest absolute Gasteiger partial charge is 0.471 e. The summed E-state index contributed by atoms with van der Waals surface area (Å²) < 4.78 is 9.59. The van der Waals surface area contributed by atoms with Crippen LogP contribution < -0.4 is 14.5 Å². The van der Waals surface area contributed by atoms with Crippen molar-refractivity contribution in [2.24, 2.45) is 11.8 Å². The molecule has 3 heterocycles. The maximum absolute atomic E-state index is 7.35. The Morgan fingerprint density at radius 3 is 1.95 bits per heavy atom. The summed E-state index contributed by atoms with van der Waals surface area (Å²) in [5.41, 5.74) is 11.7. The molecule has 44 heavy (non-hydrogen) atoms. The summed E-state index contributed by atoms with van der Waals surface area (Å²) in [5.74, 6) is 2.20.